The first-order valence-electron chi connectivity index (χ1n) is 8.20. The Morgan fingerprint density at radius 2 is 1.50 bits per heavy atom. The van der Waals surface area contributed by atoms with Gasteiger partial charge < -0.3 is 33.2 Å². The van der Waals surface area contributed by atoms with Crippen LogP contribution in [0.3, 0.4) is 0 Å². The molecule has 0 aromatic carbocycles. The normalized spacial score (nSPS) is 37.6. The lowest BCUT2D eigenvalue weighted by Crippen LogP contribution is -2.49. The standard InChI is InChI=1S/C15H22O9/c1-3-5-18-11(16)14-20-7-8-9(22-14)10-13(21-8)24-15(23-10)12(17)19-6-4-2/h8-10,13-15H,3-7H2,1-2H3. The molecule has 0 bridgehead atoms. The monoisotopic (exact) mass is 346 g/mol. The maximum Gasteiger partial charge on any atom is 0.363 e. The largest absolute Gasteiger partial charge is 0.462 e. The number of rotatable bonds is 6. The minimum absolute atomic E-state index is 0.154. The first kappa shape index (κ1) is 17.6. The first-order valence-corrected chi connectivity index (χ1v) is 8.20. The van der Waals surface area contributed by atoms with E-state index in [1.807, 2.05) is 13.8 Å². The molecule has 0 N–H and O–H groups in total. The maximum absolute atomic E-state index is 11.9. The van der Waals surface area contributed by atoms with Crippen LogP contribution in [0.25, 0.3) is 0 Å². The van der Waals surface area contributed by atoms with E-state index in [1.165, 1.54) is 0 Å². The number of fused-ring (bicyclic) bond motifs is 3. The number of esters is 2. The Morgan fingerprint density at radius 3 is 2.17 bits per heavy atom. The number of carbonyl (C=O) groups is 2. The Bertz CT molecular complexity index is 468. The average molecular weight is 346 g/mol. The lowest BCUT2D eigenvalue weighted by Gasteiger charge is -2.31. The van der Waals surface area contributed by atoms with Gasteiger partial charge in [-0.25, -0.2) is 9.59 Å². The van der Waals surface area contributed by atoms with Gasteiger partial charge in [-0.05, 0) is 12.8 Å². The summed E-state index contributed by atoms with van der Waals surface area (Å²) in [5.74, 6) is -1.19. The number of carbonyl (C=O) groups excluding carboxylic acids is 2. The highest BCUT2D eigenvalue weighted by molar-refractivity contribution is 5.74. The fraction of sp³-hybridized carbons (Fsp3) is 0.867. The molecule has 0 amide bonds. The van der Waals surface area contributed by atoms with E-state index in [0.717, 1.165) is 0 Å². The van der Waals surface area contributed by atoms with Crippen LogP contribution in [0, 0.1) is 0 Å². The molecule has 3 aliphatic rings. The lowest BCUT2D eigenvalue weighted by atomic mass is 10.1. The van der Waals surface area contributed by atoms with Gasteiger partial charge in [0.1, 0.15) is 18.3 Å². The van der Waals surface area contributed by atoms with Crippen LogP contribution in [0.15, 0.2) is 0 Å². The fourth-order valence-corrected chi connectivity index (χ4v) is 2.68. The van der Waals surface area contributed by atoms with Gasteiger partial charge in [0.25, 0.3) is 12.6 Å². The molecule has 9 nitrogen and oxygen atoms in total. The minimum atomic E-state index is -1.15. The van der Waals surface area contributed by atoms with Gasteiger partial charge in [0, 0.05) is 0 Å². The molecule has 3 heterocycles. The second-order valence-electron chi connectivity index (χ2n) is 5.71. The minimum Gasteiger partial charge on any atom is -0.462 e. The summed E-state index contributed by atoms with van der Waals surface area (Å²) in [5.41, 5.74) is 0. The molecule has 24 heavy (non-hydrogen) atoms. The molecule has 136 valence electrons. The predicted octanol–water partition coefficient (Wildman–Crippen LogP) is 0.101. The Kier molecular flexibility index (Phi) is 5.67. The van der Waals surface area contributed by atoms with Gasteiger partial charge in [-0.15, -0.1) is 0 Å². The summed E-state index contributed by atoms with van der Waals surface area (Å²) in [5, 5.41) is 0. The smallest absolute Gasteiger partial charge is 0.363 e. The van der Waals surface area contributed by atoms with Gasteiger partial charge in [0.15, 0.2) is 6.29 Å². The molecule has 0 aliphatic carbocycles. The molecule has 3 aliphatic heterocycles. The van der Waals surface area contributed by atoms with E-state index in [-0.39, 0.29) is 6.61 Å². The molecular formula is C15H22O9. The van der Waals surface area contributed by atoms with Crippen molar-refractivity contribution >= 4 is 11.9 Å². The molecule has 0 saturated carbocycles. The zero-order valence-corrected chi connectivity index (χ0v) is 13.7. The van der Waals surface area contributed by atoms with Crippen molar-refractivity contribution in [2.75, 3.05) is 19.8 Å². The second-order valence-corrected chi connectivity index (χ2v) is 5.71. The van der Waals surface area contributed by atoms with Crippen LogP contribution in [0.4, 0.5) is 0 Å². The second kappa shape index (κ2) is 7.75. The van der Waals surface area contributed by atoms with Crippen molar-refractivity contribution in [1.82, 2.24) is 0 Å². The van der Waals surface area contributed by atoms with Crippen LogP contribution >= 0.6 is 0 Å². The molecule has 0 radical (unpaired) electrons. The summed E-state index contributed by atoms with van der Waals surface area (Å²) in [4.78, 5) is 23.7. The average Bonchev–Trinajstić information content (AvgIpc) is 3.14. The Hall–Kier alpha value is -1.26. The molecule has 9 heteroatoms. The Balaban J connectivity index is 1.56. The molecule has 3 saturated heterocycles. The van der Waals surface area contributed by atoms with Crippen molar-refractivity contribution in [3.63, 3.8) is 0 Å². The van der Waals surface area contributed by atoms with E-state index in [9.17, 15) is 9.59 Å². The van der Waals surface area contributed by atoms with Crippen molar-refractivity contribution in [2.24, 2.45) is 0 Å². The van der Waals surface area contributed by atoms with Gasteiger partial charge in [0.2, 0.25) is 0 Å². The number of hydrogen-bond donors (Lipinski definition) is 0. The van der Waals surface area contributed by atoms with Crippen molar-refractivity contribution < 1.29 is 42.7 Å². The summed E-state index contributed by atoms with van der Waals surface area (Å²) < 4.78 is 37.6. The van der Waals surface area contributed by atoms with Crippen LogP contribution in [0.5, 0.6) is 0 Å². The molecule has 0 aromatic heterocycles. The highest BCUT2D eigenvalue weighted by atomic mass is 16.9. The Morgan fingerprint density at radius 1 is 0.875 bits per heavy atom. The Labute approximate surface area is 139 Å². The van der Waals surface area contributed by atoms with E-state index in [1.54, 1.807) is 0 Å². The maximum atomic E-state index is 11.9. The molecular weight excluding hydrogens is 324 g/mol. The summed E-state index contributed by atoms with van der Waals surface area (Å²) in [6.07, 6.45) is -3.26. The quantitative estimate of drug-likeness (QED) is 0.620. The van der Waals surface area contributed by atoms with Gasteiger partial charge in [-0.2, -0.15) is 0 Å². The molecule has 0 aromatic rings. The number of hydrogen-bond acceptors (Lipinski definition) is 9. The molecule has 0 spiro atoms. The summed E-state index contributed by atoms with van der Waals surface area (Å²) in [6.45, 7) is 4.52. The van der Waals surface area contributed by atoms with Gasteiger partial charge >= 0.3 is 11.9 Å². The van der Waals surface area contributed by atoms with E-state index < -0.39 is 49.1 Å². The highest BCUT2D eigenvalue weighted by Crippen LogP contribution is 2.37. The first-order chi connectivity index (χ1) is 11.6. The zero-order valence-electron chi connectivity index (χ0n) is 13.7. The number of ether oxygens (including phenoxy) is 7. The van der Waals surface area contributed by atoms with E-state index >= 15 is 0 Å². The predicted molar refractivity (Wildman–Crippen MR) is 75.5 cm³/mol. The van der Waals surface area contributed by atoms with Crippen molar-refractivity contribution in [1.29, 1.82) is 0 Å². The fourth-order valence-electron chi connectivity index (χ4n) is 2.68. The van der Waals surface area contributed by atoms with Gasteiger partial charge in [-0.3, -0.25) is 0 Å². The summed E-state index contributed by atoms with van der Waals surface area (Å²) >= 11 is 0. The van der Waals surface area contributed by atoms with Crippen molar-refractivity contribution in [2.45, 2.75) is 63.9 Å². The molecule has 6 atom stereocenters. The topological polar surface area (TPSA) is 98.8 Å². The third-order valence-corrected chi connectivity index (χ3v) is 3.78. The lowest BCUT2D eigenvalue weighted by molar-refractivity contribution is -0.269. The van der Waals surface area contributed by atoms with E-state index in [0.29, 0.717) is 26.1 Å². The van der Waals surface area contributed by atoms with Gasteiger partial charge in [-0.1, -0.05) is 13.8 Å². The van der Waals surface area contributed by atoms with Crippen LogP contribution in [-0.2, 0) is 42.7 Å². The van der Waals surface area contributed by atoms with Crippen molar-refractivity contribution in [3.8, 4) is 0 Å². The summed E-state index contributed by atoms with van der Waals surface area (Å²) in [6, 6.07) is 0. The van der Waals surface area contributed by atoms with Crippen LogP contribution in [0.2, 0.25) is 0 Å². The highest BCUT2D eigenvalue weighted by Gasteiger charge is 2.57. The van der Waals surface area contributed by atoms with Crippen LogP contribution < -0.4 is 0 Å². The third kappa shape index (κ3) is 3.55. The zero-order chi connectivity index (χ0) is 17.1. The van der Waals surface area contributed by atoms with Crippen LogP contribution in [-0.4, -0.2) is 68.9 Å². The molecule has 3 fully saturated rings. The van der Waals surface area contributed by atoms with E-state index in [4.69, 9.17) is 33.2 Å². The van der Waals surface area contributed by atoms with Gasteiger partial charge in [0.05, 0.1) is 19.8 Å². The summed E-state index contributed by atoms with van der Waals surface area (Å²) in [7, 11) is 0. The van der Waals surface area contributed by atoms with Crippen molar-refractivity contribution in [3.05, 3.63) is 0 Å². The van der Waals surface area contributed by atoms with E-state index in [2.05, 4.69) is 0 Å². The third-order valence-electron chi connectivity index (χ3n) is 3.78. The molecule has 6 unspecified atom stereocenters. The SMILES string of the molecule is CCCOC(=O)C1OCC2OC3OC(C(=O)OCCC)OC3C2O1. The molecule has 3 rings (SSSR count). The van der Waals surface area contributed by atoms with Crippen LogP contribution in [0.1, 0.15) is 26.7 Å².